The molecule has 0 aromatic carbocycles. The minimum absolute atomic E-state index is 0.0489. The molecule has 0 saturated carbocycles. The van der Waals surface area contributed by atoms with E-state index in [0.717, 1.165) is 0 Å². The van der Waals surface area contributed by atoms with Crippen LogP contribution in [-0.2, 0) is 9.53 Å². The van der Waals surface area contributed by atoms with Gasteiger partial charge in [-0.1, -0.05) is 12.2 Å². The van der Waals surface area contributed by atoms with Crippen LogP contribution in [0.15, 0.2) is 12.2 Å². The maximum atomic E-state index is 10.9. The van der Waals surface area contributed by atoms with Gasteiger partial charge in [0.25, 0.3) is 0 Å². The molecule has 1 amide bonds. The van der Waals surface area contributed by atoms with Crippen molar-refractivity contribution in [3.8, 4) is 0 Å². The van der Waals surface area contributed by atoms with Crippen LogP contribution in [0.1, 0.15) is 20.3 Å². The van der Waals surface area contributed by atoms with E-state index in [4.69, 9.17) is 4.74 Å². The minimum Gasteiger partial charge on any atom is -0.380 e. The average Bonchev–Trinajstić information content (AvgIpc) is 2.09. The molecule has 0 aromatic heterocycles. The first-order valence-corrected chi connectivity index (χ1v) is 4.26. The van der Waals surface area contributed by atoms with Crippen molar-refractivity contribution >= 4 is 5.91 Å². The van der Waals surface area contributed by atoms with Crippen molar-refractivity contribution in [3.63, 3.8) is 0 Å². The van der Waals surface area contributed by atoms with E-state index in [1.54, 1.807) is 0 Å². The highest BCUT2D eigenvalue weighted by molar-refractivity contribution is 5.77. The van der Waals surface area contributed by atoms with Crippen LogP contribution < -0.4 is 5.32 Å². The summed E-state index contributed by atoms with van der Waals surface area (Å²) in [6.07, 6.45) is 4.15. The summed E-state index contributed by atoms with van der Waals surface area (Å²) in [4.78, 5) is 10.9. The molecule has 12 heavy (non-hydrogen) atoms. The fraction of sp³-hybridized carbons (Fsp3) is 0.667. The normalized spacial score (nSPS) is 10.5. The summed E-state index contributed by atoms with van der Waals surface area (Å²) >= 11 is 0. The lowest BCUT2D eigenvalue weighted by atomic mass is 10.3. The number of carbonyl (C=O) groups excluding carboxylic acids is 1. The summed E-state index contributed by atoms with van der Waals surface area (Å²) in [5.41, 5.74) is 0. The van der Waals surface area contributed by atoms with E-state index in [1.165, 1.54) is 0 Å². The molecule has 1 N–H and O–H groups in total. The highest BCUT2D eigenvalue weighted by Crippen LogP contribution is 1.82. The van der Waals surface area contributed by atoms with Crippen molar-refractivity contribution in [2.24, 2.45) is 0 Å². The van der Waals surface area contributed by atoms with Crippen LogP contribution in [0.4, 0.5) is 0 Å². The van der Waals surface area contributed by atoms with Gasteiger partial charge in [-0.15, -0.1) is 0 Å². The second-order valence-corrected chi connectivity index (χ2v) is 2.32. The molecule has 3 nitrogen and oxygen atoms in total. The summed E-state index contributed by atoms with van der Waals surface area (Å²) in [7, 11) is 0. The Balaban J connectivity index is 3.20. The van der Waals surface area contributed by atoms with E-state index in [-0.39, 0.29) is 5.91 Å². The van der Waals surface area contributed by atoms with E-state index in [0.29, 0.717) is 26.2 Å². The average molecular weight is 171 g/mol. The highest BCUT2D eigenvalue weighted by Gasteiger charge is 1.95. The number of rotatable bonds is 6. The molecule has 0 aromatic rings. The fourth-order valence-electron chi connectivity index (χ4n) is 0.704. The van der Waals surface area contributed by atoms with Crippen LogP contribution in [0.25, 0.3) is 0 Å². The van der Waals surface area contributed by atoms with Crippen LogP contribution in [0, 0.1) is 0 Å². The van der Waals surface area contributed by atoms with Gasteiger partial charge in [0.2, 0.25) is 5.91 Å². The van der Waals surface area contributed by atoms with Crippen molar-refractivity contribution in [2.75, 3.05) is 19.8 Å². The smallest absolute Gasteiger partial charge is 0.223 e. The molecule has 0 aliphatic carbocycles. The predicted molar refractivity (Wildman–Crippen MR) is 48.9 cm³/mol. The largest absolute Gasteiger partial charge is 0.380 e. The van der Waals surface area contributed by atoms with Gasteiger partial charge >= 0.3 is 0 Å². The zero-order valence-corrected chi connectivity index (χ0v) is 7.80. The van der Waals surface area contributed by atoms with Crippen LogP contribution in [0.3, 0.4) is 0 Å². The van der Waals surface area contributed by atoms with Crippen molar-refractivity contribution in [2.45, 2.75) is 20.3 Å². The maximum Gasteiger partial charge on any atom is 0.223 e. The predicted octanol–water partition coefficient (Wildman–Crippen LogP) is 1.11. The van der Waals surface area contributed by atoms with E-state index in [9.17, 15) is 4.79 Å². The van der Waals surface area contributed by atoms with Crippen LogP contribution >= 0.6 is 0 Å². The van der Waals surface area contributed by atoms with Gasteiger partial charge in [0.15, 0.2) is 0 Å². The molecule has 0 atom stereocenters. The molecular weight excluding hydrogens is 154 g/mol. The first-order valence-electron chi connectivity index (χ1n) is 4.26. The molecule has 0 aliphatic rings. The molecule has 0 unspecified atom stereocenters. The van der Waals surface area contributed by atoms with Crippen LogP contribution in [-0.4, -0.2) is 25.7 Å². The van der Waals surface area contributed by atoms with Gasteiger partial charge in [-0.2, -0.15) is 0 Å². The van der Waals surface area contributed by atoms with E-state index in [1.807, 2.05) is 26.0 Å². The van der Waals surface area contributed by atoms with Crippen molar-refractivity contribution in [1.82, 2.24) is 5.32 Å². The van der Waals surface area contributed by atoms with Gasteiger partial charge in [0.1, 0.15) is 0 Å². The molecule has 0 saturated heterocycles. The SMILES string of the molecule is C/C=C\CC(=O)NCCOCC. The number of hydrogen-bond donors (Lipinski definition) is 1. The Hall–Kier alpha value is -0.830. The molecule has 0 radical (unpaired) electrons. The summed E-state index contributed by atoms with van der Waals surface area (Å²) < 4.78 is 5.06. The van der Waals surface area contributed by atoms with Crippen molar-refractivity contribution in [3.05, 3.63) is 12.2 Å². The van der Waals surface area contributed by atoms with E-state index in [2.05, 4.69) is 5.32 Å². The maximum absolute atomic E-state index is 10.9. The topological polar surface area (TPSA) is 38.3 Å². The van der Waals surface area contributed by atoms with Gasteiger partial charge in [-0.3, -0.25) is 4.79 Å². The number of ether oxygens (including phenoxy) is 1. The molecule has 0 bridgehead atoms. The Morgan fingerprint density at radius 1 is 1.58 bits per heavy atom. The van der Waals surface area contributed by atoms with E-state index < -0.39 is 0 Å². The quantitative estimate of drug-likeness (QED) is 0.480. The third-order valence-electron chi connectivity index (χ3n) is 1.31. The van der Waals surface area contributed by atoms with Gasteiger partial charge in [0.05, 0.1) is 6.61 Å². The molecule has 0 heterocycles. The Morgan fingerprint density at radius 3 is 2.92 bits per heavy atom. The third-order valence-corrected chi connectivity index (χ3v) is 1.31. The lowest BCUT2D eigenvalue weighted by Gasteiger charge is -2.02. The standard InChI is InChI=1S/C9H17NO2/c1-3-5-6-9(11)10-7-8-12-4-2/h3,5H,4,6-8H2,1-2H3,(H,10,11)/b5-3-. The zero-order valence-electron chi connectivity index (χ0n) is 7.80. The summed E-state index contributed by atoms with van der Waals surface area (Å²) in [6.45, 7) is 5.72. The lowest BCUT2D eigenvalue weighted by Crippen LogP contribution is -2.26. The lowest BCUT2D eigenvalue weighted by molar-refractivity contribution is -0.120. The molecule has 0 spiro atoms. The second kappa shape index (κ2) is 8.27. The fourth-order valence-corrected chi connectivity index (χ4v) is 0.704. The summed E-state index contributed by atoms with van der Waals surface area (Å²) in [5.74, 6) is 0.0489. The van der Waals surface area contributed by atoms with Gasteiger partial charge in [-0.05, 0) is 13.8 Å². The molecule has 0 rings (SSSR count). The first kappa shape index (κ1) is 11.2. The van der Waals surface area contributed by atoms with Gasteiger partial charge < -0.3 is 10.1 Å². The number of hydrogen-bond acceptors (Lipinski definition) is 2. The van der Waals surface area contributed by atoms with E-state index >= 15 is 0 Å². The molecule has 0 aliphatic heterocycles. The van der Waals surface area contributed by atoms with Gasteiger partial charge in [0, 0.05) is 19.6 Å². The number of amides is 1. The minimum atomic E-state index is 0.0489. The molecular formula is C9H17NO2. The Labute approximate surface area is 73.8 Å². The number of carbonyl (C=O) groups is 1. The Bertz CT molecular complexity index is 143. The highest BCUT2D eigenvalue weighted by atomic mass is 16.5. The van der Waals surface area contributed by atoms with Crippen molar-refractivity contribution < 1.29 is 9.53 Å². The second-order valence-electron chi connectivity index (χ2n) is 2.32. The van der Waals surface area contributed by atoms with Gasteiger partial charge in [-0.25, -0.2) is 0 Å². The first-order chi connectivity index (χ1) is 5.81. The van der Waals surface area contributed by atoms with Crippen molar-refractivity contribution in [1.29, 1.82) is 0 Å². The van der Waals surface area contributed by atoms with Crippen LogP contribution in [0.2, 0.25) is 0 Å². The Morgan fingerprint density at radius 2 is 2.33 bits per heavy atom. The monoisotopic (exact) mass is 171 g/mol. The summed E-state index contributed by atoms with van der Waals surface area (Å²) in [5, 5.41) is 2.74. The molecule has 0 fully saturated rings. The molecule has 3 heteroatoms. The van der Waals surface area contributed by atoms with Crippen LogP contribution in [0.5, 0.6) is 0 Å². The number of nitrogens with one attached hydrogen (secondary N) is 1. The third kappa shape index (κ3) is 7.28. The summed E-state index contributed by atoms with van der Waals surface area (Å²) in [6, 6.07) is 0. The molecule has 70 valence electrons. The number of allylic oxidation sites excluding steroid dienone is 1. The zero-order chi connectivity index (χ0) is 9.23. The Kier molecular flexibility index (Phi) is 7.70.